The minimum Gasteiger partial charge on any atom is -0.484 e. The summed E-state index contributed by atoms with van der Waals surface area (Å²) in [7, 11) is 0. The van der Waals surface area contributed by atoms with Gasteiger partial charge in [-0.1, -0.05) is 66.2 Å². The maximum Gasteiger partial charge on any atom is 0.261 e. The molecule has 184 valence electrons. The van der Waals surface area contributed by atoms with E-state index in [2.05, 4.69) is 5.32 Å². The number of halogens is 1. The molecular formula is C29H33ClN2O3. The summed E-state index contributed by atoms with van der Waals surface area (Å²) < 4.78 is 5.82. The third-order valence-electron chi connectivity index (χ3n) is 5.36. The highest BCUT2D eigenvalue weighted by Gasteiger charge is 2.32. The third kappa shape index (κ3) is 8.45. The SMILES string of the molecule is Cc1cccc(OCC(=O)N(Cc2cccc(Cl)c2)[C@H](Cc2ccccc2)C(=O)NC(C)(C)C)c1. The molecule has 0 saturated carbocycles. The molecule has 2 amide bonds. The predicted octanol–water partition coefficient (Wildman–Crippen LogP) is 5.58. The number of hydrogen-bond acceptors (Lipinski definition) is 3. The zero-order valence-electron chi connectivity index (χ0n) is 20.8. The summed E-state index contributed by atoms with van der Waals surface area (Å²) in [5.41, 5.74) is 2.39. The van der Waals surface area contributed by atoms with Crippen LogP contribution in [0.15, 0.2) is 78.9 Å². The highest BCUT2D eigenvalue weighted by atomic mass is 35.5. The molecule has 35 heavy (non-hydrogen) atoms. The van der Waals surface area contributed by atoms with E-state index in [1.54, 1.807) is 11.0 Å². The van der Waals surface area contributed by atoms with Gasteiger partial charge in [0.1, 0.15) is 11.8 Å². The van der Waals surface area contributed by atoms with Crippen molar-refractivity contribution in [3.63, 3.8) is 0 Å². The maximum absolute atomic E-state index is 13.6. The standard InChI is InChI=1S/C29H33ClN2O3/c1-21-10-8-15-25(16-21)35-20-27(33)32(19-23-13-9-14-24(30)17-23)26(28(34)31-29(2,3)4)18-22-11-6-5-7-12-22/h5-17,26H,18-20H2,1-4H3,(H,31,34)/t26-/m1/s1. The first-order valence-electron chi connectivity index (χ1n) is 11.7. The van der Waals surface area contributed by atoms with Crippen LogP contribution in [0.5, 0.6) is 5.75 Å². The lowest BCUT2D eigenvalue weighted by atomic mass is 10.0. The fourth-order valence-corrected chi connectivity index (χ4v) is 3.98. The molecule has 6 heteroatoms. The van der Waals surface area contributed by atoms with Gasteiger partial charge in [0.2, 0.25) is 5.91 Å². The van der Waals surface area contributed by atoms with Gasteiger partial charge in [0.15, 0.2) is 6.61 Å². The van der Waals surface area contributed by atoms with Crippen LogP contribution < -0.4 is 10.1 Å². The molecule has 0 aliphatic rings. The van der Waals surface area contributed by atoms with E-state index >= 15 is 0 Å². The largest absolute Gasteiger partial charge is 0.484 e. The first-order valence-corrected chi connectivity index (χ1v) is 12.1. The molecule has 0 fully saturated rings. The molecule has 0 radical (unpaired) electrons. The number of carbonyl (C=O) groups is 2. The van der Waals surface area contributed by atoms with Crippen molar-refractivity contribution in [3.05, 3.63) is 101 Å². The molecule has 1 N–H and O–H groups in total. The molecule has 0 aliphatic heterocycles. The molecule has 3 aromatic rings. The number of carbonyl (C=O) groups excluding carboxylic acids is 2. The van der Waals surface area contributed by atoms with Crippen molar-refractivity contribution >= 4 is 23.4 Å². The van der Waals surface area contributed by atoms with Crippen molar-refractivity contribution < 1.29 is 14.3 Å². The second-order valence-electron chi connectivity index (χ2n) is 9.70. The molecule has 0 aliphatic carbocycles. The molecule has 3 aromatic carbocycles. The molecule has 0 saturated heterocycles. The van der Waals surface area contributed by atoms with Crippen molar-refractivity contribution in [2.75, 3.05) is 6.61 Å². The summed E-state index contributed by atoms with van der Waals surface area (Å²) in [6.07, 6.45) is 0.375. The van der Waals surface area contributed by atoms with E-state index in [0.717, 1.165) is 16.7 Å². The van der Waals surface area contributed by atoms with Gasteiger partial charge in [-0.2, -0.15) is 0 Å². The van der Waals surface area contributed by atoms with Gasteiger partial charge in [0.25, 0.3) is 5.91 Å². The average Bonchev–Trinajstić information content (AvgIpc) is 2.79. The molecule has 0 unspecified atom stereocenters. The summed E-state index contributed by atoms with van der Waals surface area (Å²) in [5, 5.41) is 3.63. The minimum absolute atomic E-state index is 0.182. The van der Waals surface area contributed by atoms with Crippen LogP contribution >= 0.6 is 11.6 Å². The van der Waals surface area contributed by atoms with Crippen LogP contribution in [0.1, 0.15) is 37.5 Å². The number of nitrogens with zero attached hydrogens (tertiary/aromatic N) is 1. The summed E-state index contributed by atoms with van der Waals surface area (Å²) >= 11 is 6.22. The number of hydrogen-bond donors (Lipinski definition) is 1. The van der Waals surface area contributed by atoms with Crippen molar-refractivity contribution in [3.8, 4) is 5.75 Å². The fraction of sp³-hybridized carbons (Fsp3) is 0.310. The number of benzene rings is 3. The van der Waals surface area contributed by atoms with Gasteiger partial charge in [-0.15, -0.1) is 0 Å². The zero-order chi connectivity index (χ0) is 25.4. The number of ether oxygens (including phenoxy) is 1. The normalized spacial score (nSPS) is 12.0. The van der Waals surface area contributed by atoms with E-state index in [-0.39, 0.29) is 25.0 Å². The van der Waals surface area contributed by atoms with E-state index in [9.17, 15) is 9.59 Å². The second kappa shape index (κ2) is 11.9. The molecule has 0 spiro atoms. The van der Waals surface area contributed by atoms with E-state index < -0.39 is 11.6 Å². The minimum atomic E-state index is -0.732. The van der Waals surface area contributed by atoms with Gasteiger partial charge in [-0.25, -0.2) is 0 Å². The van der Waals surface area contributed by atoms with E-state index in [4.69, 9.17) is 16.3 Å². The topological polar surface area (TPSA) is 58.6 Å². The number of amides is 2. The van der Waals surface area contributed by atoms with E-state index in [1.807, 2.05) is 100 Å². The lowest BCUT2D eigenvalue weighted by Crippen LogP contribution is -2.55. The van der Waals surface area contributed by atoms with Crippen LogP contribution in [0.4, 0.5) is 0 Å². The van der Waals surface area contributed by atoms with Crippen LogP contribution in [0, 0.1) is 6.92 Å². The lowest BCUT2D eigenvalue weighted by molar-refractivity contribution is -0.143. The van der Waals surface area contributed by atoms with Gasteiger partial charge in [0.05, 0.1) is 0 Å². The van der Waals surface area contributed by atoms with Crippen LogP contribution in [-0.4, -0.2) is 34.9 Å². The Bertz CT molecular complexity index is 1140. The van der Waals surface area contributed by atoms with Gasteiger partial charge in [-0.3, -0.25) is 9.59 Å². The summed E-state index contributed by atoms with van der Waals surface area (Å²) in [6.45, 7) is 7.79. The molecule has 5 nitrogen and oxygen atoms in total. The quantitative estimate of drug-likeness (QED) is 0.424. The smallest absolute Gasteiger partial charge is 0.261 e. The van der Waals surface area contributed by atoms with Gasteiger partial charge in [0, 0.05) is 23.5 Å². The average molecular weight is 493 g/mol. The molecule has 3 rings (SSSR count). The van der Waals surface area contributed by atoms with Gasteiger partial charge in [-0.05, 0) is 68.7 Å². The Balaban J connectivity index is 1.93. The molecule has 1 atom stereocenters. The van der Waals surface area contributed by atoms with Crippen LogP contribution in [0.25, 0.3) is 0 Å². The molecule has 0 aromatic heterocycles. The summed E-state index contributed by atoms with van der Waals surface area (Å²) in [5.74, 6) is 0.114. The first-order chi connectivity index (χ1) is 16.6. The van der Waals surface area contributed by atoms with Crippen molar-refractivity contribution in [2.24, 2.45) is 0 Å². The maximum atomic E-state index is 13.6. The summed E-state index contributed by atoms with van der Waals surface area (Å²) in [4.78, 5) is 28.7. The Kier molecular flexibility index (Phi) is 8.94. The Morgan fingerprint density at radius 2 is 1.63 bits per heavy atom. The van der Waals surface area contributed by atoms with Crippen LogP contribution in [0.2, 0.25) is 5.02 Å². The Morgan fingerprint density at radius 1 is 0.943 bits per heavy atom. The third-order valence-corrected chi connectivity index (χ3v) is 5.60. The monoisotopic (exact) mass is 492 g/mol. The van der Waals surface area contributed by atoms with Crippen LogP contribution in [-0.2, 0) is 22.6 Å². The molecule has 0 heterocycles. The van der Waals surface area contributed by atoms with Gasteiger partial charge < -0.3 is 15.0 Å². The number of nitrogens with one attached hydrogen (secondary N) is 1. The predicted molar refractivity (Wildman–Crippen MR) is 141 cm³/mol. The Morgan fingerprint density at radius 3 is 2.29 bits per heavy atom. The van der Waals surface area contributed by atoms with Crippen molar-refractivity contribution in [2.45, 2.75) is 52.2 Å². The fourth-order valence-electron chi connectivity index (χ4n) is 3.77. The highest BCUT2D eigenvalue weighted by Crippen LogP contribution is 2.19. The van der Waals surface area contributed by atoms with Gasteiger partial charge >= 0.3 is 0 Å². The van der Waals surface area contributed by atoms with Crippen molar-refractivity contribution in [1.82, 2.24) is 10.2 Å². The first kappa shape index (κ1) is 26.3. The van der Waals surface area contributed by atoms with Crippen LogP contribution in [0.3, 0.4) is 0 Å². The number of aryl methyl sites for hydroxylation is 1. The summed E-state index contributed by atoms with van der Waals surface area (Å²) in [6, 6.07) is 23.8. The lowest BCUT2D eigenvalue weighted by Gasteiger charge is -2.33. The molecular weight excluding hydrogens is 460 g/mol. The Labute approximate surface area is 213 Å². The molecule has 0 bridgehead atoms. The second-order valence-corrected chi connectivity index (χ2v) is 10.1. The zero-order valence-corrected chi connectivity index (χ0v) is 21.5. The van der Waals surface area contributed by atoms with Crippen molar-refractivity contribution in [1.29, 1.82) is 0 Å². The van der Waals surface area contributed by atoms with E-state index in [1.165, 1.54) is 0 Å². The van der Waals surface area contributed by atoms with E-state index in [0.29, 0.717) is 17.2 Å². The number of rotatable bonds is 9. The highest BCUT2D eigenvalue weighted by molar-refractivity contribution is 6.30. The Hall–Kier alpha value is -3.31.